The second-order valence-corrected chi connectivity index (χ2v) is 7.31. The Morgan fingerprint density at radius 3 is 2.57 bits per heavy atom. The first kappa shape index (κ1) is 14.7. The van der Waals surface area contributed by atoms with Crippen LogP contribution in [0.3, 0.4) is 0 Å². The van der Waals surface area contributed by atoms with Crippen LogP contribution >= 0.6 is 23.5 Å². The van der Waals surface area contributed by atoms with Gasteiger partial charge in [0.05, 0.1) is 11.4 Å². The summed E-state index contributed by atoms with van der Waals surface area (Å²) in [6.07, 6.45) is 5.84. The van der Waals surface area contributed by atoms with Crippen LogP contribution in [-0.4, -0.2) is 11.2 Å². The summed E-state index contributed by atoms with van der Waals surface area (Å²) in [6, 6.07) is 19.5. The average Bonchev–Trinajstić information content (AvgIpc) is 2.62. The predicted octanol–water partition coefficient (Wildman–Crippen LogP) is 5.61. The van der Waals surface area contributed by atoms with E-state index in [1.54, 1.807) is 11.8 Å². The topological polar surface area (TPSA) is 16.1 Å². The second kappa shape index (κ2) is 6.30. The summed E-state index contributed by atoms with van der Waals surface area (Å²) >= 11 is 3.64. The molecule has 4 rings (SSSR count). The van der Waals surface area contributed by atoms with Gasteiger partial charge in [0.15, 0.2) is 0 Å². The van der Waals surface area contributed by atoms with E-state index in [0.717, 1.165) is 6.54 Å². The first-order chi connectivity index (χ1) is 11.3. The number of hydrogen-bond donors (Lipinski definition) is 0. The van der Waals surface area contributed by atoms with Crippen LogP contribution < -0.4 is 4.90 Å². The van der Waals surface area contributed by atoms with Crippen molar-refractivity contribution < 1.29 is 0 Å². The lowest BCUT2D eigenvalue weighted by molar-refractivity contribution is 0.930. The maximum atomic E-state index is 4.13. The Kier molecular flexibility index (Phi) is 4.02. The summed E-state index contributed by atoms with van der Waals surface area (Å²) in [7, 11) is 0. The number of para-hydroxylation sites is 1. The van der Waals surface area contributed by atoms with Gasteiger partial charge < -0.3 is 4.90 Å². The smallest absolute Gasteiger partial charge is 0.0567 e. The van der Waals surface area contributed by atoms with Crippen molar-refractivity contribution in [2.45, 2.75) is 21.2 Å². The van der Waals surface area contributed by atoms with E-state index in [2.05, 4.69) is 70.7 Å². The van der Waals surface area contributed by atoms with Gasteiger partial charge in [-0.05, 0) is 54.3 Å². The largest absolute Gasteiger partial charge is 0.335 e. The molecule has 0 aliphatic carbocycles. The minimum Gasteiger partial charge on any atom is -0.335 e. The van der Waals surface area contributed by atoms with Crippen molar-refractivity contribution in [3.05, 3.63) is 72.6 Å². The molecular formula is C19H16N2S2. The van der Waals surface area contributed by atoms with Crippen molar-refractivity contribution in [1.29, 1.82) is 0 Å². The van der Waals surface area contributed by atoms with E-state index < -0.39 is 0 Å². The van der Waals surface area contributed by atoms with Crippen LogP contribution in [0.1, 0.15) is 5.56 Å². The summed E-state index contributed by atoms with van der Waals surface area (Å²) in [5.41, 5.74) is 3.83. The van der Waals surface area contributed by atoms with Crippen molar-refractivity contribution in [2.75, 3.05) is 11.2 Å². The lowest BCUT2D eigenvalue weighted by Crippen LogP contribution is -2.20. The monoisotopic (exact) mass is 336 g/mol. The van der Waals surface area contributed by atoms with Crippen LogP contribution in [0.15, 0.2) is 81.7 Å². The molecule has 1 aliphatic rings. The third-order valence-corrected chi connectivity index (χ3v) is 5.78. The highest BCUT2D eigenvalue weighted by Crippen LogP contribution is 2.49. The molecule has 23 heavy (non-hydrogen) atoms. The van der Waals surface area contributed by atoms with Gasteiger partial charge in [0.25, 0.3) is 0 Å². The standard InChI is InChI=1S/C19H16N2S2/c1-22-15-6-7-19-17(12-15)21(13-14-8-10-20-11-9-14)16-4-2-3-5-18(16)23-19/h2-12H,13H2,1H3. The van der Waals surface area contributed by atoms with E-state index in [1.807, 2.05) is 24.2 Å². The molecule has 1 aliphatic heterocycles. The number of thioether (sulfide) groups is 1. The lowest BCUT2D eigenvalue weighted by atomic mass is 10.2. The Morgan fingerprint density at radius 2 is 1.74 bits per heavy atom. The third-order valence-electron chi connectivity index (χ3n) is 3.92. The number of benzene rings is 2. The molecule has 0 spiro atoms. The lowest BCUT2D eigenvalue weighted by Gasteiger charge is -2.33. The van der Waals surface area contributed by atoms with E-state index in [4.69, 9.17) is 0 Å². The molecule has 0 saturated heterocycles. The normalized spacial score (nSPS) is 12.7. The zero-order chi connectivity index (χ0) is 15.6. The van der Waals surface area contributed by atoms with Gasteiger partial charge in [-0.25, -0.2) is 0 Å². The van der Waals surface area contributed by atoms with Gasteiger partial charge in [-0.3, -0.25) is 4.98 Å². The van der Waals surface area contributed by atoms with Crippen molar-refractivity contribution in [1.82, 2.24) is 4.98 Å². The van der Waals surface area contributed by atoms with Crippen molar-refractivity contribution >= 4 is 34.9 Å². The van der Waals surface area contributed by atoms with Gasteiger partial charge >= 0.3 is 0 Å². The van der Waals surface area contributed by atoms with E-state index >= 15 is 0 Å². The molecule has 0 fully saturated rings. The van der Waals surface area contributed by atoms with Gasteiger partial charge in [0.1, 0.15) is 0 Å². The van der Waals surface area contributed by atoms with Crippen LogP contribution in [0.25, 0.3) is 0 Å². The third kappa shape index (κ3) is 2.84. The Morgan fingerprint density at radius 1 is 0.957 bits per heavy atom. The fourth-order valence-electron chi connectivity index (χ4n) is 2.78. The number of pyridine rings is 1. The summed E-state index contributed by atoms with van der Waals surface area (Å²) < 4.78 is 0. The molecule has 0 unspecified atom stereocenters. The zero-order valence-corrected chi connectivity index (χ0v) is 14.4. The van der Waals surface area contributed by atoms with E-state index in [9.17, 15) is 0 Å². The molecule has 0 N–H and O–H groups in total. The molecule has 114 valence electrons. The van der Waals surface area contributed by atoms with E-state index in [-0.39, 0.29) is 0 Å². The number of fused-ring (bicyclic) bond motifs is 2. The number of nitrogens with zero attached hydrogens (tertiary/aromatic N) is 2. The van der Waals surface area contributed by atoms with E-state index in [0.29, 0.717) is 0 Å². The summed E-state index contributed by atoms with van der Waals surface area (Å²) in [6.45, 7) is 0.852. The zero-order valence-electron chi connectivity index (χ0n) is 12.8. The molecule has 2 nitrogen and oxygen atoms in total. The minimum absolute atomic E-state index is 0.852. The van der Waals surface area contributed by atoms with Gasteiger partial charge in [-0.2, -0.15) is 0 Å². The minimum atomic E-state index is 0.852. The molecule has 4 heteroatoms. The first-order valence-electron chi connectivity index (χ1n) is 7.46. The van der Waals surface area contributed by atoms with Crippen LogP contribution in [0.4, 0.5) is 11.4 Å². The highest BCUT2D eigenvalue weighted by Gasteiger charge is 2.23. The number of anilines is 2. The second-order valence-electron chi connectivity index (χ2n) is 5.35. The van der Waals surface area contributed by atoms with Crippen molar-refractivity contribution in [3.8, 4) is 0 Å². The predicted molar refractivity (Wildman–Crippen MR) is 98.9 cm³/mol. The molecule has 0 radical (unpaired) electrons. The first-order valence-corrected chi connectivity index (χ1v) is 9.50. The Bertz CT molecular complexity index is 834. The molecule has 1 aromatic heterocycles. The Balaban J connectivity index is 1.82. The molecule has 2 aromatic carbocycles. The fraction of sp³-hybridized carbons (Fsp3) is 0.105. The summed E-state index contributed by atoms with van der Waals surface area (Å²) in [5, 5.41) is 0. The van der Waals surface area contributed by atoms with Gasteiger partial charge in [0.2, 0.25) is 0 Å². The SMILES string of the molecule is CSc1ccc2c(c1)N(Cc1ccncc1)c1ccccc1S2. The maximum Gasteiger partial charge on any atom is 0.0567 e. The highest BCUT2D eigenvalue weighted by atomic mass is 32.2. The molecule has 0 atom stereocenters. The molecule has 0 amide bonds. The summed E-state index contributed by atoms with van der Waals surface area (Å²) in [5.74, 6) is 0. The highest BCUT2D eigenvalue weighted by molar-refractivity contribution is 8.00. The number of aromatic nitrogens is 1. The fourth-order valence-corrected chi connectivity index (χ4v) is 4.29. The molecular weight excluding hydrogens is 320 g/mol. The maximum absolute atomic E-state index is 4.13. The van der Waals surface area contributed by atoms with Crippen LogP contribution in [0, 0.1) is 0 Å². The number of rotatable bonds is 3. The van der Waals surface area contributed by atoms with Crippen LogP contribution in [0.5, 0.6) is 0 Å². The van der Waals surface area contributed by atoms with Crippen LogP contribution in [-0.2, 0) is 6.54 Å². The van der Waals surface area contributed by atoms with Crippen molar-refractivity contribution in [3.63, 3.8) is 0 Å². The van der Waals surface area contributed by atoms with Gasteiger partial charge in [-0.1, -0.05) is 23.9 Å². The molecule has 3 aromatic rings. The van der Waals surface area contributed by atoms with Crippen LogP contribution in [0.2, 0.25) is 0 Å². The molecule has 2 heterocycles. The number of hydrogen-bond acceptors (Lipinski definition) is 4. The summed E-state index contributed by atoms with van der Waals surface area (Å²) in [4.78, 5) is 10.5. The Labute approximate surface area is 144 Å². The molecule has 0 bridgehead atoms. The Hall–Kier alpha value is -1.91. The molecule has 0 saturated carbocycles. The van der Waals surface area contributed by atoms with E-state index in [1.165, 1.54) is 31.6 Å². The van der Waals surface area contributed by atoms with Gasteiger partial charge in [-0.15, -0.1) is 11.8 Å². The van der Waals surface area contributed by atoms with Crippen molar-refractivity contribution in [2.24, 2.45) is 0 Å². The average molecular weight is 336 g/mol. The van der Waals surface area contributed by atoms with Gasteiger partial charge in [0, 0.05) is 33.6 Å². The quantitative estimate of drug-likeness (QED) is 0.578.